The van der Waals surface area contributed by atoms with Gasteiger partial charge in [0.15, 0.2) is 0 Å². The number of aryl methyl sites for hydroxylation is 3. The Balaban J connectivity index is 1.91. The monoisotopic (exact) mass is 360 g/mol. The van der Waals surface area contributed by atoms with E-state index in [0.717, 1.165) is 29.3 Å². The lowest BCUT2D eigenvalue weighted by Gasteiger charge is -2.20. The SMILES string of the molecule is Cc1nn(-c2ccc([N+](=O)[O-])cc2)c2c1c(=O)n1c3c(cccc23)CCC1. The van der Waals surface area contributed by atoms with Gasteiger partial charge >= 0.3 is 0 Å². The third-order valence-electron chi connectivity index (χ3n) is 5.30. The van der Waals surface area contributed by atoms with Crippen LogP contribution in [0.3, 0.4) is 0 Å². The minimum atomic E-state index is -0.428. The number of aromatic nitrogens is 3. The molecule has 3 heterocycles. The Labute approximate surface area is 153 Å². The Morgan fingerprint density at radius 2 is 1.89 bits per heavy atom. The third-order valence-corrected chi connectivity index (χ3v) is 5.30. The minimum absolute atomic E-state index is 0.0182. The molecule has 27 heavy (non-hydrogen) atoms. The van der Waals surface area contributed by atoms with Crippen LogP contribution in [0, 0.1) is 17.0 Å². The number of benzene rings is 2. The summed E-state index contributed by atoms with van der Waals surface area (Å²) in [6.45, 7) is 2.54. The maximum atomic E-state index is 13.2. The highest BCUT2D eigenvalue weighted by Gasteiger charge is 2.22. The second-order valence-electron chi connectivity index (χ2n) is 6.87. The number of fused-ring (bicyclic) bond motifs is 2. The van der Waals surface area contributed by atoms with Gasteiger partial charge in [-0.15, -0.1) is 0 Å². The Hall–Kier alpha value is -3.48. The van der Waals surface area contributed by atoms with E-state index in [-0.39, 0.29) is 11.2 Å². The van der Waals surface area contributed by atoms with Gasteiger partial charge in [-0.25, -0.2) is 4.68 Å². The number of nitro groups is 1. The molecule has 0 aliphatic carbocycles. The fourth-order valence-electron chi connectivity index (χ4n) is 4.11. The summed E-state index contributed by atoms with van der Waals surface area (Å²) in [4.78, 5) is 23.7. The first-order chi connectivity index (χ1) is 13.1. The van der Waals surface area contributed by atoms with Gasteiger partial charge in [0.2, 0.25) is 0 Å². The van der Waals surface area contributed by atoms with E-state index < -0.39 is 4.92 Å². The largest absolute Gasteiger partial charge is 0.307 e. The molecule has 1 aliphatic rings. The topological polar surface area (TPSA) is 83.0 Å². The van der Waals surface area contributed by atoms with Gasteiger partial charge in [0.25, 0.3) is 11.2 Å². The molecule has 0 saturated carbocycles. The van der Waals surface area contributed by atoms with E-state index in [1.807, 2.05) is 23.6 Å². The third kappa shape index (κ3) is 2.14. The van der Waals surface area contributed by atoms with Crippen LogP contribution in [0.2, 0.25) is 0 Å². The highest BCUT2D eigenvalue weighted by Crippen LogP contribution is 2.31. The van der Waals surface area contributed by atoms with Crippen LogP contribution in [-0.4, -0.2) is 19.3 Å². The molecule has 0 atom stereocenters. The molecule has 0 amide bonds. The van der Waals surface area contributed by atoms with Gasteiger partial charge in [0.05, 0.1) is 32.7 Å². The lowest BCUT2D eigenvalue weighted by atomic mass is 9.99. The van der Waals surface area contributed by atoms with Gasteiger partial charge in [-0.05, 0) is 37.5 Å². The second-order valence-corrected chi connectivity index (χ2v) is 6.87. The number of nitrogens with zero attached hydrogens (tertiary/aromatic N) is 4. The summed E-state index contributed by atoms with van der Waals surface area (Å²) >= 11 is 0. The van der Waals surface area contributed by atoms with Crippen molar-refractivity contribution in [3.63, 3.8) is 0 Å². The molecule has 0 spiro atoms. The number of hydrogen-bond acceptors (Lipinski definition) is 4. The van der Waals surface area contributed by atoms with Crippen LogP contribution in [0.1, 0.15) is 17.7 Å². The predicted octanol–water partition coefficient (Wildman–Crippen LogP) is 3.50. The lowest BCUT2D eigenvalue weighted by Crippen LogP contribution is -2.25. The Morgan fingerprint density at radius 1 is 1.11 bits per heavy atom. The van der Waals surface area contributed by atoms with E-state index in [9.17, 15) is 14.9 Å². The maximum Gasteiger partial charge on any atom is 0.269 e. The van der Waals surface area contributed by atoms with Crippen molar-refractivity contribution in [1.29, 1.82) is 0 Å². The molecule has 0 bridgehead atoms. The minimum Gasteiger partial charge on any atom is -0.307 e. The summed E-state index contributed by atoms with van der Waals surface area (Å²) in [5, 5.41) is 17.1. The highest BCUT2D eigenvalue weighted by molar-refractivity contribution is 6.06. The molecule has 134 valence electrons. The molecular weight excluding hydrogens is 344 g/mol. The van der Waals surface area contributed by atoms with Crippen molar-refractivity contribution in [2.45, 2.75) is 26.3 Å². The summed E-state index contributed by atoms with van der Waals surface area (Å²) in [6, 6.07) is 12.3. The summed E-state index contributed by atoms with van der Waals surface area (Å²) in [7, 11) is 0. The average molecular weight is 360 g/mol. The second kappa shape index (κ2) is 5.51. The van der Waals surface area contributed by atoms with Crippen LogP contribution in [0.5, 0.6) is 0 Å². The molecule has 2 aromatic heterocycles. The van der Waals surface area contributed by atoms with Crippen LogP contribution >= 0.6 is 0 Å². The van der Waals surface area contributed by atoms with Crippen LogP contribution in [0.15, 0.2) is 47.3 Å². The molecule has 0 radical (unpaired) electrons. The molecule has 0 unspecified atom stereocenters. The molecule has 5 rings (SSSR count). The smallest absolute Gasteiger partial charge is 0.269 e. The Bertz CT molecular complexity index is 1300. The van der Waals surface area contributed by atoms with Crippen molar-refractivity contribution >= 4 is 27.5 Å². The van der Waals surface area contributed by atoms with Crippen molar-refractivity contribution in [3.05, 3.63) is 74.2 Å². The zero-order chi connectivity index (χ0) is 18.7. The first-order valence-electron chi connectivity index (χ1n) is 8.85. The fourth-order valence-corrected chi connectivity index (χ4v) is 4.11. The van der Waals surface area contributed by atoms with Crippen LogP contribution in [0.25, 0.3) is 27.5 Å². The van der Waals surface area contributed by atoms with Gasteiger partial charge in [0, 0.05) is 24.1 Å². The van der Waals surface area contributed by atoms with Crippen molar-refractivity contribution in [2.24, 2.45) is 0 Å². The Morgan fingerprint density at radius 3 is 2.63 bits per heavy atom. The Kier molecular flexibility index (Phi) is 3.21. The number of pyridine rings is 1. The van der Waals surface area contributed by atoms with E-state index in [2.05, 4.69) is 11.2 Å². The molecule has 4 aromatic rings. The number of rotatable bonds is 2. The number of hydrogen-bond donors (Lipinski definition) is 0. The average Bonchev–Trinajstić information content (AvgIpc) is 3.03. The summed E-state index contributed by atoms with van der Waals surface area (Å²) < 4.78 is 3.60. The zero-order valence-corrected chi connectivity index (χ0v) is 14.7. The number of para-hydroxylation sites is 1. The van der Waals surface area contributed by atoms with Gasteiger partial charge in [-0.1, -0.05) is 18.2 Å². The van der Waals surface area contributed by atoms with Crippen LogP contribution in [0.4, 0.5) is 5.69 Å². The van der Waals surface area contributed by atoms with Gasteiger partial charge in [-0.2, -0.15) is 5.10 Å². The first kappa shape index (κ1) is 15.7. The summed E-state index contributed by atoms with van der Waals surface area (Å²) in [6.07, 6.45) is 1.90. The fraction of sp³-hybridized carbons (Fsp3) is 0.200. The van der Waals surface area contributed by atoms with Gasteiger partial charge in [0.1, 0.15) is 0 Å². The quantitative estimate of drug-likeness (QED) is 0.405. The van der Waals surface area contributed by atoms with Crippen molar-refractivity contribution in [1.82, 2.24) is 14.3 Å². The molecule has 0 saturated heterocycles. The van der Waals surface area contributed by atoms with Crippen LogP contribution < -0.4 is 5.56 Å². The molecule has 7 nitrogen and oxygen atoms in total. The first-order valence-corrected chi connectivity index (χ1v) is 8.85. The van der Waals surface area contributed by atoms with Gasteiger partial charge < -0.3 is 4.57 Å². The van der Waals surface area contributed by atoms with E-state index in [0.29, 0.717) is 23.3 Å². The number of nitro benzene ring substituents is 1. The van der Waals surface area contributed by atoms with E-state index in [1.54, 1.807) is 16.8 Å². The zero-order valence-electron chi connectivity index (χ0n) is 14.7. The maximum absolute atomic E-state index is 13.2. The normalized spacial score (nSPS) is 13.4. The van der Waals surface area contributed by atoms with Gasteiger partial charge in [-0.3, -0.25) is 14.9 Å². The predicted molar refractivity (Wildman–Crippen MR) is 103 cm³/mol. The lowest BCUT2D eigenvalue weighted by molar-refractivity contribution is -0.384. The van der Waals surface area contributed by atoms with E-state index >= 15 is 0 Å². The van der Waals surface area contributed by atoms with Crippen molar-refractivity contribution in [3.8, 4) is 5.69 Å². The molecule has 0 fully saturated rings. The summed E-state index contributed by atoms with van der Waals surface area (Å²) in [5.74, 6) is 0. The van der Waals surface area contributed by atoms with Crippen molar-refractivity contribution < 1.29 is 4.92 Å². The van der Waals surface area contributed by atoms with E-state index in [4.69, 9.17) is 0 Å². The van der Waals surface area contributed by atoms with Crippen molar-refractivity contribution in [2.75, 3.05) is 0 Å². The van der Waals surface area contributed by atoms with E-state index in [1.165, 1.54) is 17.7 Å². The highest BCUT2D eigenvalue weighted by atomic mass is 16.6. The number of non-ortho nitro benzene ring substituents is 1. The summed E-state index contributed by atoms with van der Waals surface area (Å²) in [5.41, 5.74) is 4.28. The standard InChI is InChI=1S/C20H16N4O3/c1-12-17-19(23(21-12)14-7-9-15(10-8-14)24(26)27)16-6-2-4-13-5-3-11-22(18(13)16)20(17)25/h2,4,6-10H,3,5,11H2,1H3. The molecule has 1 aliphatic heterocycles. The molecule has 2 aromatic carbocycles. The molecular formula is C20H16N4O3. The molecule has 7 heteroatoms. The van der Waals surface area contributed by atoms with Crippen LogP contribution in [-0.2, 0) is 13.0 Å². The molecule has 0 N–H and O–H groups in total.